The minimum absolute atomic E-state index is 0.0620. The van der Waals surface area contributed by atoms with E-state index < -0.39 is 24.1 Å². The highest BCUT2D eigenvalue weighted by Crippen LogP contribution is 2.30. The van der Waals surface area contributed by atoms with Crippen molar-refractivity contribution in [3.8, 4) is 5.75 Å². The lowest BCUT2D eigenvalue weighted by atomic mass is 10.0. The highest BCUT2D eigenvalue weighted by atomic mass is 19.4. The van der Waals surface area contributed by atoms with Crippen LogP contribution in [0, 0.1) is 5.82 Å². The van der Waals surface area contributed by atoms with Gasteiger partial charge in [0, 0.05) is 0 Å². The summed E-state index contributed by atoms with van der Waals surface area (Å²) >= 11 is 0. The van der Waals surface area contributed by atoms with Gasteiger partial charge in [0.15, 0.2) is 17.7 Å². The molecule has 0 aliphatic heterocycles. The van der Waals surface area contributed by atoms with Gasteiger partial charge in [-0.25, -0.2) is 4.39 Å². The van der Waals surface area contributed by atoms with Crippen molar-refractivity contribution >= 4 is 0 Å². The molecule has 3 N–H and O–H groups in total. The number of benzene rings is 1. The first kappa shape index (κ1) is 13.7. The molecule has 96 valence electrons. The molecule has 0 radical (unpaired) electrons. The molecule has 0 aliphatic rings. The van der Waals surface area contributed by atoms with Crippen molar-refractivity contribution in [1.82, 2.24) is 0 Å². The molecule has 0 saturated carbocycles. The summed E-state index contributed by atoms with van der Waals surface area (Å²) in [6.45, 7) is 0. The van der Waals surface area contributed by atoms with Crippen molar-refractivity contribution in [3.63, 3.8) is 0 Å². The van der Waals surface area contributed by atoms with E-state index in [0.717, 1.165) is 18.2 Å². The molecule has 0 saturated heterocycles. The van der Waals surface area contributed by atoms with E-state index in [1.54, 1.807) is 0 Å². The smallest absolute Gasteiger partial charge is 0.416 e. The van der Waals surface area contributed by atoms with Crippen LogP contribution >= 0.6 is 0 Å². The van der Waals surface area contributed by atoms with E-state index in [9.17, 15) is 17.6 Å². The molecular formula is C10H11F4NO2. The van der Waals surface area contributed by atoms with Crippen molar-refractivity contribution < 1.29 is 27.4 Å². The van der Waals surface area contributed by atoms with Crippen LogP contribution in [0.5, 0.6) is 5.75 Å². The van der Waals surface area contributed by atoms with Gasteiger partial charge in [0.25, 0.3) is 0 Å². The molecule has 0 aromatic heterocycles. The Morgan fingerprint density at radius 1 is 1.35 bits per heavy atom. The van der Waals surface area contributed by atoms with Gasteiger partial charge >= 0.3 is 6.18 Å². The number of aliphatic hydroxyl groups is 1. The largest absolute Gasteiger partial charge is 0.494 e. The van der Waals surface area contributed by atoms with Gasteiger partial charge in [0.1, 0.15) is 0 Å². The first-order valence-corrected chi connectivity index (χ1v) is 4.61. The van der Waals surface area contributed by atoms with Crippen molar-refractivity contribution in [3.05, 3.63) is 29.6 Å². The highest BCUT2D eigenvalue weighted by Gasteiger charge is 2.42. The van der Waals surface area contributed by atoms with Crippen LogP contribution < -0.4 is 10.5 Å². The molecule has 3 nitrogen and oxygen atoms in total. The Morgan fingerprint density at radius 2 is 1.94 bits per heavy atom. The maximum absolute atomic E-state index is 13.0. The van der Waals surface area contributed by atoms with Gasteiger partial charge in [0.2, 0.25) is 0 Å². The van der Waals surface area contributed by atoms with Gasteiger partial charge in [-0.2, -0.15) is 13.2 Å². The van der Waals surface area contributed by atoms with Crippen molar-refractivity contribution in [1.29, 1.82) is 0 Å². The number of hydrogen-bond acceptors (Lipinski definition) is 3. The lowest BCUT2D eigenvalue weighted by Crippen LogP contribution is -2.38. The van der Waals surface area contributed by atoms with Crippen LogP contribution in [0.2, 0.25) is 0 Å². The molecule has 7 heteroatoms. The lowest BCUT2D eigenvalue weighted by Gasteiger charge is -2.22. The summed E-state index contributed by atoms with van der Waals surface area (Å²) in [7, 11) is 1.17. The van der Waals surface area contributed by atoms with E-state index in [2.05, 4.69) is 4.74 Å². The molecule has 0 heterocycles. The Kier molecular flexibility index (Phi) is 3.94. The molecule has 0 unspecified atom stereocenters. The van der Waals surface area contributed by atoms with Gasteiger partial charge in [-0.05, 0) is 17.7 Å². The zero-order valence-corrected chi connectivity index (χ0v) is 8.83. The molecule has 17 heavy (non-hydrogen) atoms. The van der Waals surface area contributed by atoms with Crippen LogP contribution in [-0.2, 0) is 0 Å². The maximum Gasteiger partial charge on any atom is 0.416 e. The summed E-state index contributed by atoms with van der Waals surface area (Å²) in [5.74, 6) is -0.947. The average Bonchev–Trinajstić information content (AvgIpc) is 2.26. The average molecular weight is 253 g/mol. The molecule has 0 bridgehead atoms. The molecule has 0 amide bonds. The number of alkyl halides is 3. The minimum Gasteiger partial charge on any atom is -0.494 e. The van der Waals surface area contributed by atoms with Crippen LogP contribution in [-0.4, -0.2) is 24.5 Å². The van der Waals surface area contributed by atoms with Gasteiger partial charge < -0.3 is 15.6 Å². The van der Waals surface area contributed by atoms with Crippen LogP contribution in [0.25, 0.3) is 0 Å². The predicted octanol–water partition coefficient (Wildman–Crippen LogP) is 1.76. The lowest BCUT2D eigenvalue weighted by molar-refractivity contribution is -0.210. The molecule has 0 fully saturated rings. The predicted molar refractivity (Wildman–Crippen MR) is 51.9 cm³/mol. The summed E-state index contributed by atoms with van der Waals surface area (Å²) in [5, 5.41) is 8.96. The second-order valence-corrected chi connectivity index (χ2v) is 3.41. The van der Waals surface area contributed by atoms with Gasteiger partial charge in [-0.1, -0.05) is 6.07 Å². The van der Waals surface area contributed by atoms with E-state index in [4.69, 9.17) is 10.8 Å². The van der Waals surface area contributed by atoms with E-state index in [-0.39, 0.29) is 11.3 Å². The van der Waals surface area contributed by atoms with Crippen LogP contribution in [0.4, 0.5) is 17.6 Å². The number of nitrogens with two attached hydrogens (primary N) is 1. The Morgan fingerprint density at radius 3 is 2.41 bits per heavy atom. The second kappa shape index (κ2) is 4.89. The monoisotopic (exact) mass is 253 g/mol. The highest BCUT2D eigenvalue weighted by molar-refractivity contribution is 5.32. The Hall–Kier alpha value is -1.34. The third kappa shape index (κ3) is 3.07. The normalized spacial score (nSPS) is 15.5. The number of halogens is 4. The van der Waals surface area contributed by atoms with Gasteiger partial charge in [-0.3, -0.25) is 0 Å². The number of aliphatic hydroxyl groups excluding tert-OH is 1. The van der Waals surface area contributed by atoms with Gasteiger partial charge in [-0.15, -0.1) is 0 Å². The summed E-state index contributed by atoms with van der Waals surface area (Å²) in [5.41, 5.74) is 5.19. The standard InChI is InChI=1S/C10H11F4NO2/c1-17-7-4-5(2-3-6(7)11)8(15)9(16)10(12,13)14/h2-4,8-9,16H,15H2,1H3/t8-,9-/m0/s1. The fraction of sp³-hybridized carbons (Fsp3) is 0.400. The number of methoxy groups -OCH3 is 1. The Bertz CT molecular complexity index is 394. The quantitative estimate of drug-likeness (QED) is 0.807. The van der Waals surface area contributed by atoms with Crippen molar-refractivity contribution in [2.45, 2.75) is 18.3 Å². The maximum atomic E-state index is 13.0. The molecule has 0 aliphatic carbocycles. The first-order chi connectivity index (χ1) is 7.77. The van der Waals surface area contributed by atoms with E-state index in [0.29, 0.717) is 0 Å². The Balaban J connectivity index is 3.00. The molecule has 0 spiro atoms. The summed E-state index contributed by atoms with van der Waals surface area (Å²) in [6, 6.07) is 1.33. The molecule has 1 aromatic rings. The number of rotatable bonds is 3. The fourth-order valence-corrected chi connectivity index (χ4v) is 1.27. The fourth-order valence-electron chi connectivity index (χ4n) is 1.27. The van der Waals surface area contributed by atoms with Crippen molar-refractivity contribution in [2.24, 2.45) is 5.73 Å². The summed E-state index contributed by atoms with van der Waals surface area (Å²) in [4.78, 5) is 0. The summed E-state index contributed by atoms with van der Waals surface area (Å²) < 4.78 is 54.3. The molecule has 1 rings (SSSR count). The van der Waals surface area contributed by atoms with Crippen LogP contribution in [0.15, 0.2) is 18.2 Å². The van der Waals surface area contributed by atoms with Gasteiger partial charge in [0.05, 0.1) is 13.2 Å². The number of hydrogen-bond donors (Lipinski definition) is 2. The molecule has 1 aromatic carbocycles. The molecular weight excluding hydrogens is 242 g/mol. The van der Waals surface area contributed by atoms with E-state index in [1.807, 2.05) is 0 Å². The van der Waals surface area contributed by atoms with E-state index in [1.165, 1.54) is 7.11 Å². The van der Waals surface area contributed by atoms with Crippen LogP contribution in [0.1, 0.15) is 11.6 Å². The zero-order chi connectivity index (χ0) is 13.2. The Labute approximate surface area is 94.8 Å². The summed E-state index contributed by atoms with van der Waals surface area (Å²) in [6.07, 6.45) is -7.54. The third-order valence-corrected chi connectivity index (χ3v) is 2.24. The molecule has 2 atom stereocenters. The topological polar surface area (TPSA) is 55.5 Å². The first-order valence-electron chi connectivity index (χ1n) is 4.61. The van der Waals surface area contributed by atoms with Crippen molar-refractivity contribution in [2.75, 3.05) is 7.11 Å². The SMILES string of the molecule is COc1cc([C@H](N)[C@H](O)C(F)(F)F)ccc1F. The zero-order valence-electron chi connectivity index (χ0n) is 8.83. The van der Waals surface area contributed by atoms with Crippen LogP contribution in [0.3, 0.4) is 0 Å². The third-order valence-electron chi connectivity index (χ3n) is 2.24. The number of ether oxygens (including phenoxy) is 1. The minimum atomic E-state index is -4.83. The second-order valence-electron chi connectivity index (χ2n) is 3.41. The van der Waals surface area contributed by atoms with E-state index >= 15 is 0 Å².